The van der Waals surface area contributed by atoms with E-state index in [2.05, 4.69) is 4.98 Å². The van der Waals surface area contributed by atoms with Crippen molar-refractivity contribution < 1.29 is 31.1 Å². The molecule has 12 heteroatoms. The van der Waals surface area contributed by atoms with Gasteiger partial charge in [0.15, 0.2) is 22.2 Å². The number of nitrogens with zero attached hydrogens (tertiary/aromatic N) is 3. The van der Waals surface area contributed by atoms with Crippen LogP contribution in [0.2, 0.25) is 0 Å². The lowest BCUT2D eigenvalue weighted by molar-refractivity contribution is -0.604. The van der Waals surface area contributed by atoms with E-state index in [0.29, 0.717) is 26.0 Å². The van der Waals surface area contributed by atoms with E-state index in [1.54, 1.807) is 26.0 Å². The van der Waals surface area contributed by atoms with Gasteiger partial charge in [0.25, 0.3) is 0 Å². The highest BCUT2D eigenvalue weighted by atomic mass is 32.2. The van der Waals surface area contributed by atoms with Gasteiger partial charge in [0.1, 0.15) is 10.0 Å². The predicted octanol–water partition coefficient (Wildman–Crippen LogP) is 2.86. The average Bonchev–Trinajstić information content (AvgIpc) is 3.00. The molecule has 0 aliphatic rings. The normalized spacial score (nSPS) is 12.2. The third kappa shape index (κ3) is 6.67. The molecule has 0 unspecified atom stereocenters. The highest BCUT2D eigenvalue weighted by molar-refractivity contribution is 7.91. The van der Waals surface area contributed by atoms with E-state index in [4.69, 9.17) is 0 Å². The Labute approximate surface area is 170 Å². The van der Waals surface area contributed by atoms with Crippen molar-refractivity contribution >= 4 is 32.1 Å². The monoisotopic (exact) mass is 451 g/mol. The molecule has 0 radical (unpaired) electrons. The Bertz CT molecular complexity index is 975. The topological polar surface area (TPSA) is 94.3 Å². The second-order valence-corrected chi connectivity index (χ2v) is 9.55. The van der Waals surface area contributed by atoms with Crippen LogP contribution in [-0.4, -0.2) is 43.5 Å². The molecule has 2 heterocycles. The molecule has 0 spiro atoms. The Morgan fingerprint density at radius 2 is 2.03 bits per heavy atom. The molecule has 0 bridgehead atoms. The van der Waals surface area contributed by atoms with Gasteiger partial charge in [0.05, 0.1) is 29.2 Å². The molecule has 0 saturated carbocycles. The lowest BCUT2D eigenvalue weighted by atomic mass is 10.3. The minimum Gasteiger partial charge on any atom is -0.619 e. The highest BCUT2D eigenvalue weighted by Crippen LogP contribution is 2.34. The maximum atomic E-state index is 12.5. The molecule has 0 N–H and O–H groups in total. The quantitative estimate of drug-likeness (QED) is 0.454. The van der Waals surface area contributed by atoms with Crippen molar-refractivity contribution in [3.8, 4) is 10.6 Å². The minimum atomic E-state index is -4.57. The number of hydrogen-bond donors (Lipinski definition) is 0. The molecule has 0 fully saturated rings. The van der Waals surface area contributed by atoms with Gasteiger partial charge in [0.2, 0.25) is 5.91 Å². The number of carbonyl (C=O) groups excluding carboxylic acids is 1. The number of thiazole rings is 1. The van der Waals surface area contributed by atoms with Gasteiger partial charge in [-0.2, -0.15) is 17.9 Å². The van der Waals surface area contributed by atoms with E-state index in [1.807, 2.05) is 0 Å². The van der Waals surface area contributed by atoms with Gasteiger partial charge in [0, 0.05) is 19.0 Å². The van der Waals surface area contributed by atoms with Crippen molar-refractivity contribution in [1.82, 2.24) is 4.98 Å². The van der Waals surface area contributed by atoms with Crippen LogP contribution >= 0.6 is 11.3 Å². The average molecular weight is 451 g/mol. The molecule has 29 heavy (non-hydrogen) atoms. The number of halogens is 3. The van der Waals surface area contributed by atoms with Gasteiger partial charge >= 0.3 is 6.18 Å². The number of carbonyl (C=O) groups is 1. The Morgan fingerprint density at radius 3 is 2.62 bits per heavy atom. The van der Waals surface area contributed by atoms with Crippen LogP contribution in [0.3, 0.4) is 0 Å². The fourth-order valence-corrected chi connectivity index (χ4v) is 4.90. The van der Waals surface area contributed by atoms with E-state index in [1.165, 1.54) is 28.6 Å². The molecule has 2 aromatic rings. The molecule has 160 valence electrons. The van der Waals surface area contributed by atoms with Crippen LogP contribution in [0.15, 0.2) is 24.5 Å². The fourth-order valence-electron chi connectivity index (χ4n) is 2.53. The summed E-state index contributed by atoms with van der Waals surface area (Å²) in [7, 11) is -4.00. The Balaban J connectivity index is 2.12. The summed E-state index contributed by atoms with van der Waals surface area (Å²) in [6.45, 7) is 3.61. The molecule has 0 atom stereocenters. The predicted molar refractivity (Wildman–Crippen MR) is 103 cm³/mol. The smallest absolute Gasteiger partial charge is 0.390 e. The standard InChI is InChI=1S/C17H20F3N3O4S2/c1-3-23(14(24)6-9-29(26,27)10-7-17(18,19)20)16-12(2)21-15(28-16)13-5-4-8-22(25)11-13/h4-5,8,11H,3,6-7,9-10H2,1-2H3. The highest BCUT2D eigenvalue weighted by Gasteiger charge is 2.30. The number of pyridine rings is 1. The molecule has 0 aliphatic heterocycles. The second-order valence-electron chi connectivity index (χ2n) is 6.27. The van der Waals surface area contributed by atoms with E-state index < -0.39 is 46.3 Å². The first kappa shape index (κ1) is 23.1. The number of hydrogen-bond acceptors (Lipinski definition) is 6. The van der Waals surface area contributed by atoms with Crippen molar-refractivity contribution in [1.29, 1.82) is 0 Å². The first-order valence-electron chi connectivity index (χ1n) is 8.66. The maximum Gasteiger partial charge on any atom is 0.390 e. The van der Waals surface area contributed by atoms with Gasteiger partial charge in [-0.1, -0.05) is 11.3 Å². The van der Waals surface area contributed by atoms with Crippen LogP contribution in [0, 0.1) is 12.1 Å². The van der Waals surface area contributed by atoms with Crippen LogP contribution in [0.1, 0.15) is 25.5 Å². The minimum absolute atomic E-state index is 0.236. The first-order chi connectivity index (χ1) is 13.4. The summed E-state index contributed by atoms with van der Waals surface area (Å²) in [5.74, 6) is -2.21. The number of rotatable bonds is 8. The summed E-state index contributed by atoms with van der Waals surface area (Å²) in [5, 5.41) is 12.5. The number of sulfone groups is 1. The van der Waals surface area contributed by atoms with Gasteiger partial charge in [-0.05, 0) is 19.9 Å². The SMILES string of the molecule is CCN(C(=O)CCS(=O)(=O)CCC(F)(F)F)c1sc(-c2ccc[n+]([O-])c2)nc1C. The van der Waals surface area contributed by atoms with Crippen LogP contribution in [0.4, 0.5) is 18.2 Å². The van der Waals surface area contributed by atoms with Crippen LogP contribution in [0.5, 0.6) is 0 Å². The number of amides is 1. The molecule has 0 aromatic carbocycles. The maximum absolute atomic E-state index is 12.5. The van der Waals surface area contributed by atoms with Crippen molar-refractivity contribution in [3.63, 3.8) is 0 Å². The van der Waals surface area contributed by atoms with Crippen molar-refractivity contribution in [2.75, 3.05) is 23.0 Å². The second kappa shape index (κ2) is 9.08. The lowest BCUT2D eigenvalue weighted by Crippen LogP contribution is -2.32. The Morgan fingerprint density at radius 1 is 1.34 bits per heavy atom. The lowest BCUT2D eigenvalue weighted by Gasteiger charge is -2.19. The molecule has 2 rings (SSSR count). The van der Waals surface area contributed by atoms with E-state index in [9.17, 15) is 31.6 Å². The third-order valence-corrected chi connectivity index (χ3v) is 6.86. The zero-order chi connectivity index (χ0) is 21.8. The van der Waals surface area contributed by atoms with Gasteiger partial charge in [-0.25, -0.2) is 13.4 Å². The number of aryl methyl sites for hydroxylation is 1. The Kier molecular flexibility index (Phi) is 7.22. The number of aromatic nitrogens is 2. The van der Waals surface area contributed by atoms with Crippen molar-refractivity contribution in [2.24, 2.45) is 0 Å². The van der Waals surface area contributed by atoms with Crippen molar-refractivity contribution in [3.05, 3.63) is 35.4 Å². The number of alkyl halides is 3. The van der Waals surface area contributed by atoms with Gasteiger partial charge in [-0.15, -0.1) is 0 Å². The van der Waals surface area contributed by atoms with Crippen molar-refractivity contribution in [2.45, 2.75) is 32.9 Å². The van der Waals surface area contributed by atoms with E-state index in [0.717, 1.165) is 0 Å². The summed E-state index contributed by atoms with van der Waals surface area (Å²) < 4.78 is 60.9. The molecular formula is C17H20F3N3O4S2. The first-order valence-corrected chi connectivity index (χ1v) is 11.3. The molecular weight excluding hydrogens is 431 g/mol. The van der Waals surface area contributed by atoms with Crippen LogP contribution in [0.25, 0.3) is 10.6 Å². The van der Waals surface area contributed by atoms with Gasteiger partial charge < -0.3 is 10.1 Å². The molecule has 7 nitrogen and oxygen atoms in total. The zero-order valence-corrected chi connectivity index (χ0v) is 17.4. The molecule has 2 aromatic heterocycles. The van der Waals surface area contributed by atoms with Crippen LogP contribution < -0.4 is 9.63 Å². The van der Waals surface area contributed by atoms with E-state index in [-0.39, 0.29) is 6.54 Å². The fraction of sp³-hybridized carbons (Fsp3) is 0.471. The molecule has 0 saturated heterocycles. The largest absolute Gasteiger partial charge is 0.619 e. The Hall–Kier alpha value is -2.21. The zero-order valence-electron chi connectivity index (χ0n) is 15.8. The molecule has 0 aliphatic carbocycles. The molecule has 1 amide bonds. The number of anilines is 1. The summed E-state index contributed by atoms with van der Waals surface area (Å²) >= 11 is 1.17. The summed E-state index contributed by atoms with van der Waals surface area (Å²) in [4.78, 5) is 18.3. The van der Waals surface area contributed by atoms with Crippen LogP contribution in [-0.2, 0) is 14.6 Å². The summed E-state index contributed by atoms with van der Waals surface area (Å²) in [6, 6.07) is 3.26. The van der Waals surface area contributed by atoms with Gasteiger partial charge in [-0.3, -0.25) is 4.79 Å². The van der Waals surface area contributed by atoms with E-state index >= 15 is 0 Å². The summed E-state index contributed by atoms with van der Waals surface area (Å²) in [5.41, 5.74) is 1.10. The third-order valence-electron chi connectivity index (χ3n) is 3.98. The summed E-state index contributed by atoms with van der Waals surface area (Å²) in [6.07, 6.45) is -3.76.